The standard InChI is InChI=1S/C13H24N6S.HI/c1-6-7-14-13(15-8-10(2)20-5)16-9-12-18-17-11(3)19(12)4;/h6,10H,1,7-9H2,2-5H3,(H2,14,15,16);1H. The molecule has 8 heteroatoms. The Hall–Kier alpha value is -0.770. The molecule has 0 aliphatic heterocycles. The van der Waals surface area contributed by atoms with Crippen molar-refractivity contribution in [1.29, 1.82) is 0 Å². The summed E-state index contributed by atoms with van der Waals surface area (Å²) in [4.78, 5) is 4.53. The van der Waals surface area contributed by atoms with Crippen molar-refractivity contribution in [2.75, 3.05) is 19.3 Å². The highest BCUT2D eigenvalue weighted by molar-refractivity contribution is 14.0. The number of rotatable bonds is 7. The Morgan fingerprint density at radius 3 is 2.71 bits per heavy atom. The van der Waals surface area contributed by atoms with Gasteiger partial charge >= 0.3 is 0 Å². The number of hydrogen-bond donors (Lipinski definition) is 2. The first kappa shape index (κ1) is 20.2. The summed E-state index contributed by atoms with van der Waals surface area (Å²) in [7, 11) is 1.94. The molecule has 0 aromatic carbocycles. The summed E-state index contributed by atoms with van der Waals surface area (Å²) < 4.78 is 1.94. The van der Waals surface area contributed by atoms with Crippen LogP contribution in [-0.2, 0) is 13.6 Å². The van der Waals surface area contributed by atoms with Crippen LogP contribution in [0.2, 0.25) is 0 Å². The van der Waals surface area contributed by atoms with Gasteiger partial charge in [0.05, 0.1) is 0 Å². The molecule has 0 radical (unpaired) electrons. The Balaban J connectivity index is 0.00000400. The van der Waals surface area contributed by atoms with Crippen LogP contribution in [0.3, 0.4) is 0 Å². The van der Waals surface area contributed by atoms with Crippen LogP contribution < -0.4 is 10.6 Å². The molecule has 6 nitrogen and oxygen atoms in total. The molecule has 0 aliphatic rings. The molecule has 0 spiro atoms. The van der Waals surface area contributed by atoms with Gasteiger partial charge in [0.1, 0.15) is 12.4 Å². The molecular formula is C13H25IN6S. The van der Waals surface area contributed by atoms with Crippen LogP contribution in [0.1, 0.15) is 18.6 Å². The highest BCUT2D eigenvalue weighted by atomic mass is 127. The summed E-state index contributed by atoms with van der Waals surface area (Å²) in [5.74, 6) is 2.51. The Morgan fingerprint density at radius 1 is 1.48 bits per heavy atom. The first-order valence-corrected chi connectivity index (χ1v) is 7.88. The highest BCUT2D eigenvalue weighted by Gasteiger charge is 2.05. The number of nitrogens with one attached hydrogen (secondary N) is 2. The number of guanidine groups is 1. The van der Waals surface area contributed by atoms with E-state index in [1.165, 1.54) is 0 Å². The van der Waals surface area contributed by atoms with Crippen molar-refractivity contribution < 1.29 is 0 Å². The lowest BCUT2D eigenvalue weighted by Gasteiger charge is -2.14. The fraction of sp³-hybridized carbons (Fsp3) is 0.615. The van der Waals surface area contributed by atoms with Gasteiger partial charge in [-0.2, -0.15) is 11.8 Å². The summed E-state index contributed by atoms with van der Waals surface area (Å²) in [5, 5.41) is 15.2. The molecule has 1 unspecified atom stereocenters. The molecule has 1 atom stereocenters. The molecule has 0 bridgehead atoms. The van der Waals surface area contributed by atoms with Crippen molar-refractivity contribution >= 4 is 41.7 Å². The van der Waals surface area contributed by atoms with Crippen molar-refractivity contribution in [3.05, 3.63) is 24.3 Å². The maximum absolute atomic E-state index is 4.53. The number of thioether (sulfide) groups is 1. The maximum Gasteiger partial charge on any atom is 0.191 e. The highest BCUT2D eigenvalue weighted by Crippen LogP contribution is 2.02. The molecule has 0 amide bonds. The molecule has 21 heavy (non-hydrogen) atoms. The topological polar surface area (TPSA) is 67.1 Å². The predicted molar refractivity (Wildman–Crippen MR) is 101 cm³/mol. The number of halogens is 1. The molecule has 1 aromatic heterocycles. The smallest absolute Gasteiger partial charge is 0.191 e. The minimum absolute atomic E-state index is 0. The van der Waals surface area contributed by atoms with Gasteiger partial charge in [0, 0.05) is 25.4 Å². The molecule has 0 saturated heterocycles. The number of aryl methyl sites for hydroxylation is 1. The van der Waals surface area contributed by atoms with Crippen LogP contribution in [-0.4, -0.2) is 45.3 Å². The van der Waals surface area contributed by atoms with E-state index >= 15 is 0 Å². The lowest BCUT2D eigenvalue weighted by molar-refractivity contribution is 0.756. The van der Waals surface area contributed by atoms with Gasteiger partial charge in [0.15, 0.2) is 11.8 Å². The van der Waals surface area contributed by atoms with E-state index in [1.807, 2.05) is 36.4 Å². The zero-order valence-corrected chi connectivity index (χ0v) is 16.2. The summed E-state index contributed by atoms with van der Waals surface area (Å²) in [6, 6.07) is 0. The van der Waals surface area contributed by atoms with Crippen LogP contribution in [0.5, 0.6) is 0 Å². The maximum atomic E-state index is 4.53. The summed E-state index contributed by atoms with van der Waals surface area (Å²) in [5.41, 5.74) is 0. The average Bonchev–Trinajstić information content (AvgIpc) is 2.77. The molecule has 0 aliphatic carbocycles. The Morgan fingerprint density at radius 2 is 2.19 bits per heavy atom. The van der Waals surface area contributed by atoms with Crippen LogP contribution in [0.25, 0.3) is 0 Å². The molecule has 2 N–H and O–H groups in total. The Bertz CT molecular complexity index is 460. The van der Waals surface area contributed by atoms with Crippen LogP contribution in [0.4, 0.5) is 0 Å². The zero-order chi connectivity index (χ0) is 15.0. The summed E-state index contributed by atoms with van der Waals surface area (Å²) in [6.45, 7) is 9.84. The summed E-state index contributed by atoms with van der Waals surface area (Å²) in [6.07, 6.45) is 3.91. The van der Waals surface area contributed by atoms with Gasteiger partial charge in [-0.1, -0.05) is 13.0 Å². The van der Waals surface area contributed by atoms with E-state index in [9.17, 15) is 0 Å². The van der Waals surface area contributed by atoms with Crippen molar-refractivity contribution in [3.8, 4) is 0 Å². The quantitative estimate of drug-likeness (QED) is 0.302. The number of nitrogens with zero attached hydrogens (tertiary/aromatic N) is 4. The predicted octanol–water partition coefficient (Wildman–Crippen LogP) is 1.71. The second-order valence-electron chi connectivity index (χ2n) is 4.48. The van der Waals surface area contributed by atoms with Gasteiger partial charge in [-0.3, -0.25) is 0 Å². The van der Waals surface area contributed by atoms with E-state index in [0.717, 1.165) is 24.2 Å². The first-order chi connectivity index (χ1) is 9.58. The fourth-order valence-electron chi connectivity index (χ4n) is 1.41. The minimum Gasteiger partial charge on any atom is -0.355 e. The minimum atomic E-state index is 0. The molecular weight excluding hydrogens is 399 g/mol. The van der Waals surface area contributed by atoms with E-state index in [-0.39, 0.29) is 24.0 Å². The average molecular weight is 424 g/mol. The van der Waals surface area contributed by atoms with E-state index in [4.69, 9.17) is 0 Å². The van der Waals surface area contributed by atoms with Crippen LogP contribution >= 0.6 is 35.7 Å². The van der Waals surface area contributed by atoms with Crippen molar-refractivity contribution in [3.63, 3.8) is 0 Å². The largest absolute Gasteiger partial charge is 0.355 e. The second-order valence-corrected chi connectivity index (χ2v) is 5.76. The summed E-state index contributed by atoms with van der Waals surface area (Å²) >= 11 is 1.82. The molecule has 0 saturated carbocycles. The van der Waals surface area contributed by atoms with E-state index in [2.05, 4.69) is 45.6 Å². The first-order valence-electron chi connectivity index (χ1n) is 6.59. The van der Waals surface area contributed by atoms with E-state index in [1.54, 1.807) is 0 Å². The van der Waals surface area contributed by atoms with Crippen molar-refractivity contribution in [2.24, 2.45) is 12.0 Å². The Labute approximate surface area is 148 Å². The van der Waals surface area contributed by atoms with E-state index < -0.39 is 0 Å². The third kappa shape index (κ3) is 7.16. The van der Waals surface area contributed by atoms with Gasteiger partial charge in [-0.15, -0.1) is 40.8 Å². The molecule has 0 fully saturated rings. The van der Waals surface area contributed by atoms with Crippen molar-refractivity contribution in [1.82, 2.24) is 25.4 Å². The monoisotopic (exact) mass is 424 g/mol. The van der Waals surface area contributed by atoms with Gasteiger partial charge in [-0.05, 0) is 13.2 Å². The molecule has 1 rings (SSSR count). The lowest BCUT2D eigenvalue weighted by atomic mass is 10.4. The van der Waals surface area contributed by atoms with Crippen LogP contribution in [0.15, 0.2) is 17.6 Å². The molecule has 1 heterocycles. The van der Waals surface area contributed by atoms with E-state index in [0.29, 0.717) is 18.3 Å². The SMILES string of the molecule is C=CCNC(=NCc1nnc(C)n1C)NCC(C)SC.I. The lowest BCUT2D eigenvalue weighted by Crippen LogP contribution is -2.40. The van der Waals surface area contributed by atoms with Crippen LogP contribution in [0, 0.1) is 6.92 Å². The number of aromatic nitrogens is 3. The van der Waals surface area contributed by atoms with Crippen molar-refractivity contribution in [2.45, 2.75) is 25.6 Å². The third-order valence-corrected chi connectivity index (χ3v) is 3.91. The second kappa shape index (κ2) is 10.9. The normalized spacial score (nSPS) is 12.5. The molecule has 120 valence electrons. The van der Waals surface area contributed by atoms with Gasteiger partial charge in [-0.25, -0.2) is 4.99 Å². The number of aliphatic imine (C=N–C) groups is 1. The molecule has 1 aromatic rings. The fourth-order valence-corrected chi connectivity index (χ4v) is 1.66. The van der Waals surface area contributed by atoms with Gasteiger partial charge in [0.2, 0.25) is 0 Å². The third-order valence-electron chi connectivity index (χ3n) is 2.93. The Kier molecular flexibility index (Phi) is 10.5. The van der Waals surface area contributed by atoms with Gasteiger partial charge in [0.25, 0.3) is 0 Å². The van der Waals surface area contributed by atoms with Gasteiger partial charge < -0.3 is 15.2 Å². The number of hydrogen-bond acceptors (Lipinski definition) is 4. The zero-order valence-electron chi connectivity index (χ0n) is 13.1.